The molecule has 0 saturated carbocycles. The van der Waals surface area contributed by atoms with Crippen LogP contribution in [-0.4, -0.2) is 5.10 Å². The molecule has 0 bridgehead atoms. The molecule has 0 fully saturated rings. The van der Waals surface area contributed by atoms with Crippen LogP contribution in [0.3, 0.4) is 0 Å². The Bertz CT molecular complexity index is 396. The lowest BCUT2D eigenvalue weighted by Crippen LogP contribution is -2.32. The summed E-state index contributed by atoms with van der Waals surface area (Å²) in [6.45, 7) is 4.00. The molecule has 0 aliphatic rings. The van der Waals surface area contributed by atoms with Gasteiger partial charge in [-0.1, -0.05) is 48.9 Å². The normalized spacial score (nSPS) is 9.00. The fourth-order valence-corrected chi connectivity index (χ4v) is 1.26. The first-order chi connectivity index (χ1) is 7.36. The van der Waals surface area contributed by atoms with Gasteiger partial charge in [0, 0.05) is 11.6 Å². The van der Waals surface area contributed by atoms with Crippen LogP contribution in [0.1, 0.15) is 13.8 Å². The number of hydrogen-bond donors (Lipinski definition) is 0. The van der Waals surface area contributed by atoms with E-state index in [2.05, 4.69) is 17.2 Å². The lowest BCUT2D eigenvalue weighted by atomic mass is 10.1. The third-order valence-electron chi connectivity index (χ3n) is 1.89. The van der Waals surface area contributed by atoms with Crippen molar-refractivity contribution in [2.24, 2.45) is 7.05 Å². The van der Waals surface area contributed by atoms with Crippen molar-refractivity contribution in [1.29, 1.82) is 0 Å². The Morgan fingerprint density at radius 1 is 0.933 bits per heavy atom. The molecule has 1 heterocycles. The van der Waals surface area contributed by atoms with E-state index in [-0.39, 0.29) is 0 Å². The molecule has 2 heteroatoms. The van der Waals surface area contributed by atoms with Crippen molar-refractivity contribution in [2.75, 3.05) is 0 Å². The number of aryl methyl sites for hydroxylation is 1. The molecule has 2 aromatic rings. The maximum absolute atomic E-state index is 4.36. The number of aromatic nitrogens is 2. The summed E-state index contributed by atoms with van der Waals surface area (Å²) >= 11 is 0. The van der Waals surface area contributed by atoms with Crippen molar-refractivity contribution in [3.8, 4) is 11.3 Å². The van der Waals surface area contributed by atoms with Gasteiger partial charge in [-0.25, -0.2) is 0 Å². The molecule has 15 heavy (non-hydrogen) atoms. The molecule has 0 unspecified atom stereocenters. The number of hydrogen-bond acceptors (Lipinski definition) is 1. The van der Waals surface area contributed by atoms with Crippen LogP contribution in [0.4, 0.5) is 0 Å². The molecule has 2 rings (SSSR count). The van der Waals surface area contributed by atoms with E-state index < -0.39 is 0 Å². The molecular formula is C13H17N2+. The van der Waals surface area contributed by atoms with E-state index in [0.29, 0.717) is 0 Å². The molecule has 0 aliphatic heterocycles. The highest BCUT2D eigenvalue weighted by atomic mass is 15.2. The number of nitrogens with zero attached hydrogens (tertiary/aromatic N) is 2. The smallest absolute Gasteiger partial charge is 0.0934 e. The van der Waals surface area contributed by atoms with E-state index >= 15 is 0 Å². The van der Waals surface area contributed by atoms with E-state index in [4.69, 9.17) is 0 Å². The van der Waals surface area contributed by atoms with Crippen molar-refractivity contribution >= 4 is 0 Å². The van der Waals surface area contributed by atoms with Gasteiger partial charge < -0.3 is 0 Å². The average molecular weight is 201 g/mol. The highest BCUT2D eigenvalue weighted by molar-refractivity contribution is 5.57. The Balaban J connectivity index is 0.000000531. The van der Waals surface area contributed by atoms with Gasteiger partial charge in [0.15, 0.2) is 13.2 Å². The summed E-state index contributed by atoms with van der Waals surface area (Å²) in [6, 6.07) is 14.2. The zero-order valence-corrected chi connectivity index (χ0v) is 9.51. The molecule has 0 radical (unpaired) electrons. The Labute approximate surface area is 91.2 Å². The Kier molecular flexibility index (Phi) is 4.48. The minimum absolute atomic E-state index is 1.01. The monoisotopic (exact) mass is 201 g/mol. The Morgan fingerprint density at radius 3 is 2.20 bits per heavy atom. The van der Waals surface area contributed by atoms with E-state index in [1.54, 1.807) is 0 Å². The van der Waals surface area contributed by atoms with Crippen molar-refractivity contribution in [1.82, 2.24) is 5.10 Å². The number of rotatable bonds is 1. The van der Waals surface area contributed by atoms with Crippen molar-refractivity contribution in [2.45, 2.75) is 13.8 Å². The van der Waals surface area contributed by atoms with Gasteiger partial charge in [0.05, 0.1) is 0 Å². The van der Waals surface area contributed by atoms with Crippen molar-refractivity contribution in [3.63, 3.8) is 0 Å². The first-order valence-corrected chi connectivity index (χ1v) is 5.25. The van der Waals surface area contributed by atoms with Crippen LogP contribution in [0.15, 0.2) is 48.7 Å². The molecule has 0 N–H and O–H groups in total. The first kappa shape index (κ1) is 11.4. The Morgan fingerprint density at radius 2 is 1.60 bits per heavy atom. The van der Waals surface area contributed by atoms with Gasteiger partial charge in [0.1, 0.15) is 5.69 Å². The maximum Gasteiger partial charge on any atom is 0.196 e. The zero-order chi connectivity index (χ0) is 11.1. The zero-order valence-electron chi connectivity index (χ0n) is 9.51. The fourth-order valence-electron chi connectivity index (χ4n) is 1.26. The summed E-state index contributed by atoms with van der Waals surface area (Å²) in [5.41, 5.74) is 2.16. The average Bonchev–Trinajstić information content (AvgIpc) is 2.33. The topological polar surface area (TPSA) is 16.8 Å². The SMILES string of the molecule is CC.C[n+]1cccc(-c2ccccc2)n1. The molecule has 0 atom stereocenters. The first-order valence-electron chi connectivity index (χ1n) is 5.25. The molecular weight excluding hydrogens is 184 g/mol. The maximum atomic E-state index is 4.36. The van der Waals surface area contributed by atoms with Gasteiger partial charge in [-0.2, -0.15) is 0 Å². The van der Waals surface area contributed by atoms with Gasteiger partial charge in [0.2, 0.25) is 0 Å². The highest BCUT2D eigenvalue weighted by Gasteiger charge is 2.01. The van der Waals surface area contributed by atoms with Gasteiger partial charge >= 0.3 is 0 Å². The summed E-state index contributed by atoms with van der Waals surface area (Å²) in [6.07, 6.45) is 1.92. The lowest BCUT2D eigenvalue weighted by molar-refractivity contribution is -0.729. The van der Waals surface area contributed by atoms with E-state index in [1.165, 1.54) is 0 Å². The van der Waals surface area contributed by atoms with E-state index in [1.807, 2.05) is 62.1 Å². The van der Waals surface area contributed by atoms with Crippen molar-refractivity contribution < 1.29 is 4.68 Å². The van der Waals surface area contributed by atoms with Crippen LogP contribution in [0.2, 0.25) is 0 Å². The van der Waals surface area contributed by atoms with Crippen LogP contribution >= 0.6 is 0 Å². The van der Waals surface area contributed by atoms with Crippen LogP contribution in [0.5, 0.6) is 0 Å². The van der Waals surface area contributed by atoms with Gasteiger partial charge in [-0.3, -0.25) is 0 Å². The molecule has 2 nitrogen and oxygen atoms in total. The minimum Gasteiger partial charge on any atom is -0.0934 e. The van der Waals surface area contributed by atoms with Crippen LogP contribution in [-0.2, 0) is 7.05 Å². The minimum atomic E-state index is 1.01. The third-order valence-corrected chi connectivity index (χ3v) is 1.89. The standard InChI is InChI=1S/C11H11N2.C2H6/c1-13-9-5-8-11(12-13)10-6-3-2-4-7-10;1-2/h2-9H,1H3;1-2H3/q+1;. The predicted molar refractivity (Wildman–Crippen MR) is 62.2 cm³/mol. The second-order valence-corrected chi connectivity index (χ2v) is 2.93. The molecule has 0 aliphatic carbocycles. The molecule has 0 saturated heterocycles. The quantitative estimate of drug-likeness (QED) is 0.648. The van der Waals surface area contributed by atoms with Crippen LogP contribution in [0.25, 0.3) is 11.3 Å². The molecule has 0 spiro atoms. The molecule has 78 valence electrons. The second-order valence-electron chi connectivity index (χ2n) is 2.93. The summed E-state index contributed by atoms with van der Waals surface area (Å²) in [5, 5.41) is 4.36. The fraction of sp³-hybridized carbons (Fsp3) is 0.231. The van der Waals surface area contributed by atoms with E-state index in [9.17, 15) is 0 Å². The van der Waals surface area contributed by atoms with Crippen LogP contribution in [0, 0.1) is 0 Å². The van der Waals surface area contributed by atoms with Gasteiger partial charge in [-0.15, -0.1) is 0 Å². The third kappa shape index (κ3) is 3.17. The molecule has 1 aromatic carbocycles. The number of benzene rings is 1. The molecule has 1 aromatic heterocycles. The Hall–Kier alpha value is -1.70. The summed E-state index contributed by atoms with van der Waals surface area (Å²) < 4.78 is 1.81. The van der Waals surface area contributed by atoms with Crippen molar-refractivity contribution in [3.05, 3.63) is 48.7 Å². The van der Waals surface area contributed by atoms with Crippen LogP contribution < -0.4 is 4.68 Å². The van der Waals surface area contributed by atoms with E-state index in [0.717, 1.165) is 11.3 Å². The highest BCUT2D eigenvalue weighted by Crippen LogP contribution is 2.13. The predicted octanol–water partition coefficient (Wildman–Crippen LogP) is 2.60. The summed E-state index contributed by atoms with van der Waals surface area (Å²) in [5.74, 6) is 0. The van der Waals surface area contributed by atoms with Gasteiger partial charge in [-0.05, 0) is 11.2 Å². The second kappa shape index (κ2) is 5.91. The van der Waals surface area contributed by atoms with Gasteiger partial charge in [0.25, 0.3) is 0 Å². The lowest BCUT2D eigenvalue weighted by Gasteiger charge is -1.95. The summed E-state index contributed by atoms with van der Waals surface area (Å²) in [7, 11) is 1.92. The molecule has 0 amide bonds. The largest absolute Gasteiger partial charge is 0.196 e. The summed E-state index contributed by atoms with van der Waals surface area (Å²) in [4.78, 5) is 0.